The van der Waals surface area contributed by atoms with E-state index >= 15 is 0 Å². The second-order valence-corrected chi connectivity index (χ2v) is 5.58. The van der Waals surface area contributed by atoms with Crippen molar-refractivity contribution >= 4 is 11.6 Å². The number of nitrogens with one attached hydrogen (secondary N) is 1. The van der Waals surface area contributed by atoms with Crippen molar-refractivity contribution in [2.24, 2.45) is 0 Å². The maximum Gasteiger partial charge on any atom is 0.286 e. The van der Waals surface area contributed by atoms with Crippen LogP contribution in [0.5, 0.6) is 11.5 Å². The first-order valence-electron chi connectivity index (χ1n) is 8.03. The third kappa shape index (κ3) is 4.49. The Bertz CT molecular complexity index is 873. The fourth-order valence-electron chi connectivity index (χ4n) is 2.45. The molecular weight excluding hydrogens is 362 g/mol. The van der Waals surface area contributed by atoms with Gasteiger partial charge in [0, 0.05) is 6.07 Å². The van der Waals surface area contributed by atoms with Gasteiger partial charge < -0.3 is 14.8 Å². The lowest BCUT2D eigenvalue weighted by Crippen LogP contribution is -2.27. The van der Waals surface area contributed by atoms with Gasteiger partial charge in [-0.05, 0) is 31.5 Å². The minimum Gasteiger partial charge on any atom is -0.493 e. The summed E-state index contributed by atoms with van der Waals surface area (Å²) in [7, 11) is 1.33. The molecule has 2 aromatic carbocycles. The molecule has 1 amide bonds. The Kier molecular flexibility index (Phi) is 6.27. The first-order chi connectivity index (χ1) is 12.8. The number of carbonyl (C=O) groups is 1. The van der Waals surface area contributed by atoms with Crippen molar-refractivity contribution in [3.63, 3.8) is 0 Å². The zero-order chi connectivity index (χ0) is 20.1. The molecule has 7 nitrogen and oxygen atoms in total. The first kappa shape index (κ1) is 20.1. The van der Waals surface area contributed by atoms with E-state index < -0.39 is 34.2 Å². The Morgan fingerprint density at radius 1 is 1.22 bits per heavy atom. The van der Waals surface area contributed by atoms with Crippen LogP contribution >= 0.6 is 0 Å². The minimum absolute atomic E-state index is 0.119. The molecular formula is C18H18F2N2O5. The number of methoxy groups -OCH3 is 1. The first-order valence-corrected chi connectivity index (χ1v) is 8.03. The van der Waals surface area contributed by atoms with E-state index in [2.05, 4.69) is 5.32 Å². The monoisotopic (exact) mass is 380 g/mol. The van der Waals surface area contributed by atoms with E-state index in [9.17, 15) is 23.7 Å². The maximum atomic E-state index is 13.4. The third-order valence-corrected chi connectivity index (χ3v) is 3.81. The number of hydrogen-bond donors (Lipinski definition) is 1. The summed E-state index contributed by atoms with van der Waals surface area (Å²) >= 11 is 0. The molecule has 0 fully saturated rings. The number of amides is 1. The topological polar surface area (TPSA) is 90.7 Å². The Hall–Kier alpha value is -3.23. The lowest BCUT2D eigenvalue weighted by molar-refractivity contribution is -0.385. The van der Waals surface area contributed by atoms with Crippen molar-refractivity contribution in [3.8, 4) is 11.5 Å². The van der Waals surface area contributed by atoms with Crippen molar-refractivity contribution in [2.45, 2.75) is 19.9 Å². The van der Waals surface area contributed by atoms with Crippen molar-refractivity contribution < 1.29 is 28.0 Å². The molecule has 0 aliphatic heterocycles. The summed E-state index contributed by atoms with van der Waals surface area (Å²) in [5, 5.41) is 13.9. The van der Waals surface area contributed by atoms with Crippen LogP contribution in [0.1, 0.15) is 35.8 Å². The van der Waals surface area contributed by atoms with Crippen LogP contribution in [0.3, 0.4) is 0 Å². The zero-order valence-corrected chi connectivity index (χ0v) is 14.9. The molecule has 0 bridgehead atoms. The van der Waals surface area contributed by atoms with Gasteiger partial charge in [0.05, 0.1) is 30.7 Å². The van der Waals surface area contributed by atoms with E-state index in [-0.39, 0.29) is 23.7 Å². The van der Waals surface area contributed by atoms with Crippen LogP contribution in [0.25, 0.3) is 0 Å². The average molecular weight is 380 g/mol. The predicted molar refractivity (Wildman–Crippen MR) is 93.1 cm³/mol. The van der Waals surface area contributed by atoms with Crippen molar-refractivity contribution in [2.75, 3.05) is 13.7 Å². The van der Waals surface area contributed by atoms with Gasteiger partial charge in [0.2, 0.25) is 0 Å². The molecule has 27 heavy (non-hydrogen) atoms. The number of benzene rings is 2. The number of nitro groups is 1. The quantitative estimate of drug-likeness (QED) is 0.583. The van der Waals surface area contributed by atoms with Gasteiger partial charge in [-0.15, -0.1) is 0 Å². The van der Waals surface area contributed by atoms with Crippen LogP contribution < -0.4 is 14.8 Å². The summed E-state index contributed by atoms with van der Waals surface area (Å²) < 4.78 is 36.9. The number of ether oxygens (including phenoxy) is 2. The number of nitrogens with zero attached hydrogens (tertiary/aromatic N) is 1. The van der Waals surface area contributed by atoms with Gasteiger partial charge in [0.25, 0.3) is 11.6 Å². The van der Waals surface area contributed by atoms with E-state index in [4.69, 9.17) is 9.47 Å². The Balaban J connectivity index is 2.37. The minimum atomic E-state index is -1.05. The van der Waals surface area contributed by atoms with E-state index in [1.807, 2.05) is 0 Å². The number of hydrogen-bond acceptors (Lipinski definition) is 5. The van der Waals surface area contributed by atoms with Crippen molar-refractivity contribution in [1.29, 1.82) is 0 Å². The highest BCUT2D eigenvalue weighted by molar-refractivity contribution is 5.99. The van der Waals surface area contributed by atoms with Crippen molar-refractivity contribution in [1.82, 2.24) is 5.32 Å². The SMILES string of the molecule is CCOc1cc(C(=O)NC(C)c2ccc(F)c(F)c2)c([N+](=O)[O-])cc1OC. The van der Waals surface area contributed by atoms with Crippen LogP contribution in [-0.2, 0) is 0 Å². The lowest BCUT2D eigenvalue weighted by atomic mass is 10.1. The van der Waals surface area contributed by atoms with Crippen LogP contribution in [0.4, 0.5) is 14.5 Å². The Labute approximate surface area is 154 Å². The summed E-state index contributed by atoms with van der Waals surface area (Å²) in [5.41, 5.74) is -0.396. The fraction of sp³-hybridized carbons (Fsp3) is 0.278. The fourth-order valence-corrected chi connectivity index (χ4v) is 2.45. The Morgan fingerprint density at radius 3 is 2.48 bits per heavy atom. The van der Waals surface area contributed by atoms with Crippen LogP contribution in [0.2, 0.25) is 0 Å². The molecule has 1 atom stereocenters. The molecule has 0 saturated carbocycles. The van der Waals surface area contributed by atoms with Crippen LogP contribution in [0, 0.1) is 21.7 Å². The van der Waals surface area contributed by atoms with Gasteiger partial charge in [-0.1, -0.05) is 6.07 Å². The average Bonchev–Trinajstić information content (AvgIpc) is 2.63. The molecule has 9 heteroatoms. The predicted octanol–water partition coefficient (Wildman–Crippen LogP) is 3.77. The highest BCUT2D eigenvalue weighted by Crippen LogP contribution is 2.35. The maximum absolute atomic E-state index is 13.4. The highest BCUT2D eigenvalue weighted by Gasteiger charge is 2.26. The van der Waals surface area contributed by atoms with Gasteiger partial charge in [0.1, 0.15) is 5.56 Å². The van der Waals surface area contributed by atoms with Crippen LogP contribution in [-0.4, -0.2) is 24.5 Å². The molecule has 2 aromatic rings. The molecule has 1 unspecified atom stereocenters. The summed E-state index contributed by atoms with van der Waals surface area (Å²) in [6, 6.07) is 4.81. The molecule has 0 radical (unpaired) electrons. The smallest absolute Gasteiger partial charge is 0.286 e. The second kappa shape index (κ2) is 8.43. The molecule has 0 aromatic heterocycles. The molecule has 144 valence electrons. The summed E-state index contributed by atoms with van der Waals surface area (Å²) in [4.78, 5) is 23.2. The molecule has 0 saturated heterocycles. The molecule has 0 spiro atoms. The zero-order valence-electron chi connectivity index (χ0n) is 14.9. The van der Waals surface area contributed by atoms with Gasteiger partial charge in [-0.25, -0.2) is 8.78 Å². The Morgan fingerprint density at radius 2 is 1.93 bits per heavy atom. The molecule has 0 aliphatic carbocycles. The third-order valence-electron chi connectivity index (χ3n) is 3.81. The van der Waals surface area contributed by atoms with E-state index in [0.29, 0.717) is 5.56 Å². The summed E-state index contributed by atoms with van der Waals surface area (Å²) in [5.74, 6) is -2.53. The van der Waals surface area contributed by atoms with Gasteiger partial charge in [0.15, 0.2) is 23.1 Å². The van der Waals surface area contributed by atoms with E-state index in [0.717, 1.165) is 18.2 Å². The van der Waals surface area contributed by atoms with E-state index in [1.54, 1.807) is 13.8 Å². The highest BCUT2D eigenvalue weighted by atomic mass is 19.2. The van der Waals surface area contributed by atoms with Gasteiger partial charge in [-0.2, -0.15) is 0 Å². The summed E-state index contributed by atoms with van der Waals surface area (Å²) in [6.45, 7) is 3.52. The van der Waals surface area contributed by atoms with Gasteiger partial charge in [-0.3, -0.25) is 14.9 Å². The number of halogens is 2. The molecule has 1 N–H and O–H groups in total. The van der Waals surface area contributed by atoms with Crippen molar-refractivity contribution in [3.05, 3.63) is 63.2 Å². The number of nitro benzene ring substituents is 1. The van der Waals surface area contributed by atoms with E-state index in [1.165, 1.54) is 19.2 Å². The summed E-state index contributed by atoms with van der Waals surface area (Å²) in [6.07, 6.45) is 0. The number of rotatable bonds is 7. The normalized spacial score (nSPS) is 11.6. The lowest BCUT2D eigenvalue weighted by Gasteiger charge is -2.16. The molecule has 2 rings (SSSR count). The second-order valence-electron chi connectivity index (χ2n) is 5.58. The molecule has 0 heterocycles. The molecule has 0 aliphatic rings. The van der Waals surface area contributed by atoms with Crippen LogP contribution in [0.15, 0.2) is 30.3 Å². The largest absolute Gasteiger partial charge is 0.493 e. The van der Waals surface area contributed by atoms with Gasteiger partial charge >= 0.3 is 0 Å². The number of carbonyl (C=O) groups excluding carboxylic acids is 1. The standard InChI is InChI=1S/C18H18F2N2O5/c1-4-27-17-8-12(15(22(24)25)9-16(17)26-3)18(23)21-10(2)11-5-6-13(19)14(20)7-11/h5-10H,4H2,1-3H3,(H,21,23).